The van der Waals surface area contributed by atoms with Gasteiger partial charge in [0.1, 0.15) is 18.5 Å². The lowest BCUT2D eigenvalue weighted by Gasteiger charge is -2.40. The number of nitrogens with one attached hydrogen (secondary N) is 1. The molecule has 0 saturated heterocycles. The summed E-state index contributed by atoms with van der Waals surface area (Å²) in [6.07, 6.45) is -5.49. The van der Waals surface area contributed by atoms with Crippen molar-refractivity contribution in [3.63, 3.8) is 0 Å². The molecule has 0 bridgehead atoms. The summed E-state index contributed by atoms with van der Waals surface area (Å²) in [7, 11) is 1.37. The maximum Gasteiger partial charge on any atom is 0.416 e. The summed E-state index contributed by atoms with van der Waals surface area (Å²) >= 11 is 1.93. The molecule has 48 heavy (non-hydrogen) atoms. The number of aliphatic hydroxyl groups is 2. The summed E-state index contributed by atoms with van der Waals surface area (Å²) < 4.78 is 62.9. The third-order valence-electron chi connectivity index (χ3n) is 7.77. The summed E-state index contributed by atoms with van der Waals surface area (Å²) in [5.41, 5.74) is -0.0523. The molecule has 2 amide bonds. The number of rotatable bonds is 11. The number of carbonyl (C=O) groups excluding carboxylic acids is 3. The minimum Gasteiger partial charge on any atom is -0.493 e. The van der Waals surface area contributed by atoms with Gasteiger partial charge < -0.3 is 39.4 Å². The molecule has 15 heteroatoms. The molecule has 3 N–H and O–H groups in total. The number of fused-ring (bicyclic) bond motifs is 1. The molecule has 3 aromatic carbocycles. The van der Waals surface area contributed by atoms with Crippen molar-refractivity contribution in [1.82, 2.24) is 10.2 Å². The molecule has 0 fully saturated rings. The van der Waals surface area contributed by atoms with Gasteiger partial charge in [-0.25, -0.2) is 0 Å². The zero-order valence-electron chi connectivity index (χ0n) is 25.3. The Hall–Kier alpha value is -4.35. The number of methoxy groups -OCH3 is 1. The smallest absolute Gasteiger partial charge is 0.416 e. The minimum absolute atomic E-state index is 0.000535. The first kappa shape index (κ1) is 35.0. The van der Waals surface area contributed by atoms with E-state index in [9.17, 15) is 37.8 Å². The number of aliphatic hydroxyl groups excluding tert-OH is 2. The topological polar surface area (TPSA) is 144 Å². The van der Waals surface area contributed by atoms with Gasteiger partial charge in [-0.3, -0.25) is 14.4 Å². The van der Waals surface area contributed by atoms with Crippen LogP contribution in [0.1, 0.15) is 38.3 Å². The summed E-state index contributed by atoms with van der Waals surface area (Å²) in [5.74, 6) is -0.0573. The van der Waals surface area contributed by atoms with E-state index in [2.05, 4.69) is 5.32 Å². The zero-order chi connectivity index (χ0) is 34.6. The van der Waals surface area contributed by atoms with Gasteiger partial charge in [-0.2, -0.15) is 13.2 Å². The van der Waals surface area contributed by atoms with Crippen LogP contribution < -0.4 is 24.3 Å². The van der Waals surface area contributed by atoms with Gasteiger partial charge in [0.25, 0.3) is 5.91 Å². The first-order chi connectivity index (χ1) is 22.9. The average molecular weight is 783 g/mol. The summed E-state index contributed by atoms with van der Waals surface area (Å²) in [6.45, 7) is -0.558. The molecule has 0 aromatic heterocycles. The minimum atomic E-state index is -4.62. The van der Waals surface area contributed by atoms with Crippen molar-refractivity contribution in [2.45, 2.75) is 37.4 Å². The van der Waals surface area contributed by atoms with E-state index in [1.165, 1.54) is 30.2 Å². The van der Waals surface area contributed by atoms with Crippen LogP contribution in [0.4, 0.5) is 13.2 Å². The fraction of sp³-hybridized carbons (Fsp3) is 0.303. The highest BCUT2D eigenvalue weighted by Crippen LogP contribution is 2.38. The lowest BCUT2D eigenvalue weighted by molar-refractivity contribution is -0.137. The average Bonchev–Trinajstić information content (AvgIpc) is 3.55. The van der Waals surface area contributed by atoms with Crippen LogP contribution in [0.3, 0.4) is 0 Å². The molecule has 1 aliphatic heterocycles. The Balaban J connectivity index is 1.56. The quantitative estimate of drug-likeness (QED) is 0.194. The van der Waals surface area contributed by atoms with Gasteiger partial charge in [-0.1, -0.05) is 6.07 Å². The monoisotopic (exact) mass is 782 g/mol. The highest BCUT2D eigenvalue weighted by molar-refractivity contribution is 14.1. The van der Waals surface area contributed by atoms with E-state index in [-0.39, 0.29) is 55.5 Å². The molecule has 2 aliphatic rings. The molecule has 11 nitrogen and oxygen atoms in total. The van der Waals surface area contributed by atoms with Gasteiger partial charge in [0, 0.05) is 36.2 Å². The number of hydrogen-bond acceptors (Lipinski definition) is 9. The van der Waals surface area contributed by atoms with Gasteiger partial charge in [0.05, 0.1) is 28.9 Å². The van der Waals surface area contributed by atoms with Gasteiger partial charge in [-0.15, -0.1) is 0 Å². The van der Waals surface area contributed by atoms with Crippen LogP contribution in [0.5, 0.6) is 23.0 Å². The van der Waals surface area contributed by atoms with Crippen molar-refractivity contribution >= 4 is 40.7 Å². The normalized spacial score (nSPS) is 18.5. The van der Waals surface area contributed by atoms with E-state index in [1.807, 2.05) is 22.6 Å². The van der Waals surface area contributed by atoms with E-state index in [1.54, 1.807) is 18.2 Å². The van der Waals surface area contributed by atoms with Crippen LogP contribution in [-0.4, -0.2) is 78.5 Å². The number of aldehydes is 1. The lowest BCUT2D eigenvalue weighted by Crippen LogP contribution is -2.54. The molecular weight excluding hydrogens is 752 g/mol. The largest absolute Gasteiger partial charge is 0.493 e. The second-order valence-electron chi connectivity index (χ2n) is 10.9. The molecule has 254 valence electrons. The Morgan fingerprint density at radius 3 is 2.50 bits per heavy atom. The van der Waals surface area contributed by atoms with Crippen LogP contribution >= 0.6 is 22.6 Å². The SMILES string of the molecule is COc1cc(C=O)cc(I)c1O[C@H]1C=C(C(=O)NCCO)C[C@@H](N(Cc2ccc3c(c2)OCO3)C(=O)c2ccc(C(F)(F)F)cc2)[C@@H]1O. The molecule has 5 rings (SSSR count). The van der Waals surface area contributed by atoms with Crippen LogP contribution in [0.15, 0.2) is 66.2 Å². The maximum atomic E-state index is 14.2. The Kier molecular flexibility index (Phi) is 10.8. The molecule has 0 spiro atoms. The zero-order valence-corrected chi connectivity index (χ0v) is 27.5. The molecule has 0 radical (unpaired) electrons. The number of halogens is 4. The number of carbonyl (C=O) groups is 3. The second kappa shape index (κ2) is 14.8. The lowest BCUT2D eigenvalue weighted by atomic mass is 9.87. The number of amides is 2. The molecule has 0 saturated carbocycles. The van der Waals surface area contributed by atoms with Crippen LogP contribution in [0, 0.1) is 3.57 Å². The van der Waals surface area contributed by atoms with Crippen molar-refractivity contribution in [3.8, 4) is 23.0 Å². The number of ether oxygens (including phenoxy) is 4. The molecule has 1 aliphatic carbocycles. The van der Waals surface area contributed by atoms with E-state index in [0.29, 0.717) is 32.5 Å². The third kappa shape index (κ3) is 7.68. The molecule has 1 heterocycles. The van der Waals surface area contributed by atoms with Crippen molar-refractivity contribution < 1.29 is 56.7 Å². The number of alkyl halides is 3. The summed E-state index contributed by atoms with van der Waals surface area (Å²) in [6, 6.07) is 10.5. The van der Waals surface area contributed by atoms with Gasteiger partial charge in [-0.05, 0) is 82.8 Å². The highest BCUT2D eigenvalue weighted by atomic mass is 127. The Bertz CT molecular complexity index is 1720. The predicted molar refractivity (Wildman–Crippen MR) is 172 cm³/mol. The summed E-state index contributed by atoms with van der Waals surface area (Å²) in [5, 5.41) is 23.7. The van der Waals surface area contributed by atoms with E-state index in [0.717, 1.165) is 24.3 Å². The Labute approximate surface area is 286 Å². The number of benzene rings is 3. The van der Waals surface area contributed by atoms with Crippen molar-refractivity contribution in [1.29, 1.82) is 0 Å². The fourth-order valence-corrected chi connectivity index (χ4v) is 6.13. The number of hydrogen-bond donors (Lipinski definition) is 3. The highest BCUT2D eigenvalue weighted by Gasteiger charge is 2.41. The molecular formula is C33H30F3IN2O9. The Morgan fingerprint density at radius 2 is 1.83 bits per heavy atom. The maximum absolute atomic E-state index is 14.2. The number of nitrogens with zero attached hydrogens (tertiary/aromatic N) is 1. The molecule has 3 aromatic rings. The van der Waals surface area contributed by atoms with Crippen LogP contribution in [0.2, 0.25) is 0 Å². The second-order valence-corrected chi connectivity index (χ2v) is 12.0. The molecule has 0 unspecified atom stereocenters. The third-order valence-corrected chi connectivity index (χ3v) is 8.57. The van der Waals surface area contributed by atoms with Gasteiger partial charge >= 0.3 is 6.18 Å². The van der Waals surface area contributed by atoms with Crippen LogP contribution in [-0.2, 0) is 17.5 Å². The van der Waals surface area contributed by atoms with E-state index in [4.69, 9.17) is 18.9 Å². The van der Waals surface area contributed by atoms with Gasteiger partial charge in [0.2, 0.25) is 12.7 Å². The fourth-order valence-electron chi connectivity index (χ4n) is 5.38. The molecule has 3 atom stereocenters. The first-order valence-electron chi connectivity index (χ1n) is 14.6. The van der Waals surface area contributed by atoms with Gasteiger partial charge in [0.15, 0.2) is 23.0 Å². The summed E-state index contributed by atoms with van der Waals surface area (Å²) in [4.78, 5) is 40.1. The predicted octanol–water partition coefficient (Wildman–Crippen LogP) is 4.12. The van der Waals surface area contributed by atoms with Crippen molar-refractivity contribution in [2.75, 3.05) is 27.1 Å². The van der Waals surface area contributed by atoms with Crippen LogP contribution in [0.25, 0.3) is 0 Å². The van der Waals surface area contributed by atoms with Crippen molar-refractivity contribution in [2.24, 2.45) is 0 Å². The van der Waals surface area contributed by atoms with Crippen molar-refractivity contribution in [3.05, 3.63) is 92.1 Å². The van der Waals surface area contributed by atoms with E-state index >= 15 is 0 Å². The Morgan fingerprint density at radius 1 is 1.10 bits per heavy atom. The standard InChI is InChI=1S/C33H30F3IN2O9/c1-45-28-12-19(16-41)10-23(37)30(28)48-27-14-21(31(43)38-8-9-40)13-24(29(27)42)39(15-18-2-7-25-26(11-18)47-17-46-25)32(44)20-3-5-22(6-4-20)33(34,35)36/h2-7,10-12,14,16,24,27,29,40,42H,8-9,13,15,17H2,1H3,(H,38,43)/t24-,27+,29+/m1/s1. The van der Waals surface area contributed by atoms with E-state index < -0.39 is 41.8 Å². The first-order valence-corrected chi connectivity index (χ1v) is 15.6.